The van der Waals surface area contributed by atoms with Gasteiger partial charge in [0, 0.05) is 6.54 Å². The number of halogens is 1. The van der Waals surface area contributed by atoms with Crippen molar-refractivity contribution in [1.82, 2.24) is 14.9 Å². The molecule has 4 nitrogen and oxygen atoms in total. The zero-order valence-corrected chi connectivity index (χ0v) is 11.2. The summed E-state index contributed by atoms with van der Waals surface area (Å²) in [5.74, 6) is 0.662. The Morgan fingerprint density at radius 2 is 1.94 bits per heavy atom. The molecule has 0 saturated carbocycles. The van der Waals surface area contributed by atoms with Crippen molar-refractivity contribution < 1.29 is 0 Å². The molecule has 2 heterocycles. The Morgan fingerprint density at radius 1 is 1.35 bits per heavy atom. The Bertz CT molecular complexity index is 357. The lowest BCUT2D eigenvalue weighted by Gasteiger charge is -2.37. The molecule has 0 bridgehead atoms. The summed E-state index contributed by atoms with van der Waals surface area (Å²) >= 11 is 5.75. The molecule has 1 aliphatic heterocycles. The summed E-state index contributed by atoms with van der Waals surface area (Å²) in [5, 5.41) is 3.87. The number of nitrogens with one attached hydrogen (secondary N) is 1. The van der Waals surface area contributed by atoms with E-state index in [-0.39, 0.29) is 0 Å². The molecule has 0 atom stereocenters. The number of piperidine rings is 1. The molecule has 0 amide bonds. The predicted octanol–water partition coefficient (Wildman–Crippen LogP) is 2.27. The van der Waals surface area contributed by atoms with Crippen LogP contribution in [0.4, 0.5) is 5.95 Å². The van der Waals surface area contributed by atoms with Gasteiger partial charge in [-0.05, 0) is 38.4 Å². The van der Waals surface area contributed by atoms with E-state index < -0.39 is 0 Å². The number of anilines is 1. The van der Waals surface area contributed by atoms with E-state index in [1.165, 1.54) is 25.9 Å². The first-order chi connectivity index (χ1) is 8.07. The van der Waals surface area contributed by atoms with Gasteiger partial charge in [-0.3, -0.25) is 0 Å². The highest BCUT2D eigenvalue weighted by Crippen LogP contribution is 2.30. The lowest BCUT2D eigenvalue weighted by atomic mass is 9.80. The standard InChI is InChI=1S/C12H19ClN4/c1-12(3-5-17(2)6-4-12)9-16-11-14-7-10(13)8-15-11/h7-8H,3-6,9H2,1-2H3,(H,14,15,16). The van der Waals surface area contributed by atoms with Crippen molar-refractivity contribution in [2.45, 2.75) is 19.8 Å². The number of nitrogens with zero attached hydrogens (tertiary/aromatic N) is 3. The highest BCUT2D eigenvalue weighted by Gasteiger charge is 2.28. The van der Waals surface area contributed by atoms with Crippen LogP contribution in [0, 0.1) is 5.41 Å². The second-order valence-corrected chi connectivity index (χ2v) is 5.63. The minimum atomic E-state index is 0.343. The summed E-state index contributed by atoms with van der Waals surface area (Å²) in [7, 11) is 2.18. The molecular weight excluding hydrogens is 236 g/mol. The molecule has 0 aromatic carbocycles. The summed E-state index contributed by atoms with van der Waals surface area (Å²) in [6, 6.07) is 0. The quantitative estimate of drug-likeness (QED) is 0.899. The van der Waals surface area contributed by atoms with E-state index >= 15 is 0 Å². The smallest absolute Gasteiger partial charge is 0.222 e. The third kappa shape index (κ3) is 3.54. The Balaban J connectivity index is 1.87. The largest absolute Gasteiger partial charge is 0.354 e. The van der Waals surface area contributed by atoms with Crippen LogP contribution in [-0.2, 0) is 0 Å². The third-order valence-corrected chi connectivity index (χ3v) is 3.68. The second-order valence-electron chi connectivity index (χ2n) is 5.19. The SMILES string of the molecule is CN1CCC(C)(CNc2ncc(Cl)cn2)CC1. The van der Waals surface area contributed by atoms with E-state index in [0.717, 1.165) is 6.54 Å². The van der Waals surface area contributed by atoms with Crippen LogP contribution >= 0.6 is 11.6 Å². The summed E-state index contributed by atoms with van der Waals surface area (Å²) in [5.41, 5.74) is 0.343. The van der Waals surface area contributed by atoms with Gasteiger partial charge in [-0.25, -0.2) is 9.97 Å². The summed E-state index contributed by atoms with van der Waals surface area (Å²) in [4.78, 5) is 10.7. The molecule has 17 heavy (non-hydrogen) atoms. The molecule has 1 aromatic heterocycles. The molecule has 1 aliphatic rings. The first-order valence-electron chi connectivity index (χ1n) is 5.97. The van der Waals surface area contributed by atoms with Crippen LogP contribution < -0.4 is 5.32 Å². The summed E-state index contributed by atoms with van der Waals surface area (Å²) < 4.78 is 0. The number of hydrogen-bond acceptors (Lipinski definition) is 4. The minimum absolute atomic E-state index is 0.343. The van der Waals surface area contributed by atoms with Gasteiger partial charge in [0.2, 0.25) is 5.95 Å². The molecule has 5 heteroatoms. The number of likely N-dealkylation sites (tertiary alicyclic amines) is 1. The van der Waals surface area contributed by atoms with Crippen LogP contribution in [-0.4, -0.2) is 41.5 Å². The van der Waals surface area contributed by atoms with Crippen molar-refractivity contribution in [3.63, 3.8) is 0 Å². The maximum Gasteiger partial charge on any atom is 0.222 e. The van der Waals surface area contributed by atoms with E-state index in [1.54, 1.807) is 12.4 Å². The molecular formula is C12H19ClN4. The van der Waals surface area contributed by atoms with Crippen LogP contribution in [0.3, 0.4) is 0 Å². The van der Waals surface area contributed by atoms with E-state index in [4.69, 9.17) is 11.6 Å². The van der Waals surface area contributed by atoms with Gasteiger partial charge in [0.25, 0.3) is 0 Å². The molecule has 2 rings (SSSR count). The van der Waals surface area contributed by atoms with Crippen LogP contribution in [0.2, 0.25) is 5.02 Å². The van der Waals surface area contributed by atoms with E-state index in [2.05, 4.69) is 34.2 Å². The van der Waals surface area contributed by atoms with Crippen molar-refractivity contribution >= 4 is 17.5 Å². The topological polar surface area (TPSA) is 41.0 Å². The highest BCUT2D eigenvalue weighted by molar-refractivity contribution is 6.30. The number of rotatable bonds is 3. The lowest BCUT2D eigenvalue weighted by Crippen LogP contribution is -2.40. The summed E-state index contributed by atoms with van der Waals surface area (Å²) in [6.45, 7) is 5.57. The van der Waals surface area contributed by atoms with Gasteiger partial charge in [0.15, 0.2) is 0 Å². The molecule has 1 N–H and O–H groups in total. The average molecular weight is 255 g/mol. The van der Waals surface area contributed by atoms with Gasteiger partial charge in [-0.1, -0.05) is 18.5 Å². The number of aromatic nitrogens is 2. The van der Waals surface area contributed by atoms with Gasteiger partial charge >= 0.3 is 0 Å². The van der Waals surface area contributed by atoms with Gasteiger partial charge in [-0.2, -0.15) is 0 Å². The van der Waals surface area contributed by atoms with Crippen molar-refractivity contribution in [2.24, 2.45) is 5.41 Å². The third-order valence-electron chi connectivity index (χ3n) is 3.49. The first kappa shape index (κ1) is 12.6. The normalized spacial score (nSPS) is 20.2. The zero-order valence-electron chi connectivity index (χ0n) is 10.4. The maximum absolute atomic E-state index is 5.75. The predicted molar refractivity (Wildman–Crippen MR) is 70.4 cm³/mol. The van der Waals surface area contributed by atoms with Crippen LogP contribution in [0.25, 0.3) is 0 Å². The van der Waals surface area contributed by atoms with Crippen molar-refractivity contribution in [1.29, 1.82) is 0 Å². The van der Waals surface area contributed by atoms with Crippen LogP contribution in [0.5, 0.6) is 0 Å². The fourth-order valence-corrected chi connectivity index (χ4v) is 2.13. The molecule has 0 aliphatic carbocycles. The van der Waals surface area contributed by atoms with E-state index in [1.807, 2.05) is 0 Å². The fraction of sp³-hybridized carbons (Fsp3) is 0.667. The minimum Gasteiger partial charge on any atom is -0.354 e. The summed E-state index contributed by atoms with van der Waals surface area (Å²) in [6.07, 6.45) is 5.66. The van der Waals surface area contributed by atoms with Crippen LogP contribution in [0.15, 0.2) is 12.4 Å². The molecule has 94 valence electrons. The van der Waals surface area contributed by atoms with E-state index in [0.29, 0.717) is 16.4 Å². The van der Waals surface area contributed by atoms with Crippen LogP contribution in [0.1, 0.15) is 19.8 Å². The van der Waals surface area contributed by atoms with Gasteiger partial charge in [0.1, 0.15) is 0 Å². The first-order valence-corrected chi connectivity index (χ1v) is 6.35. The van der Waals surface area contributed by atoms with Gasteiger partial charge in [0.05, 0.1) is 17.4 Å². The van der Waals surface area contributed by atoms with Gasteiger partial charge in [-0.15, -0.1) is 0 Å². The lowest BCUT2D eigenvalue weighted by molar-refractivity contribution is 0.150. The van der Waals surface area contributed by atoms with Gasteiger partial charge < -0.3 is 10.2 Å². The van der Waals surface area contributed by atoms with Crippen molar-refractivity contribution in [2.75, 3.05) is 32.0 Å². The average Bonchev–Trinajstić information content (AvgIpc) is 2.33. The Labute approximate surface area is 107 Å². The Hall–Kier alpha value is -0.870. The monoisotopic (exact) mass is 254 g/mol. The van der Waals surface area contributed by atoms with Crippen molar-refractivity contribution in [3.05, 3.63) is 17.4 Å². The second kappa shape index (κ2) is 5.19. The Kier molecular flexibility index (Phi) is 3.84. The molecule has 0 spiro atoms. The van der Waals surface area contributed by atoms with E-state index in [9.17, 15) is 0 Å². The molecule has 1 aromatic rings. The molecule has 1 saturated heterocycles. The number of hydrogen-bond donors (Lipinski definition) is 1. The molecule has 0 radical (unpaired) electrons. The molecule has 0 unspecified atom stereocenters. The van der Waals surface area contributed by atoms with Crippen molar-refractivity contribution in [3.8, 4) is 0 Å². The zero-order chi connectivity index (χ0) is 12.3. The Morgan fingerprint density at radius 3 is 2.53 bits per heavy atom. The fourth-order valence-electron chi connectivity index (χ4n) is 2.03. The highest BCUT2D eigenvalue weighted by atomic mass is 35.5. The maximum atomic E-state index is 5.75. The molecule has 1 fully saturated rings.